The Bertz CT molecular complexity index is 1150. The highest BCUT2D eigenvalue weighted by Crippen LogP contribution is 2.21. The molecule has 0 radical (unpaired) electrons. The molecule has 0 saturated carbocycles. The van der Waals surface area contributed by atoms with Gasteiger partial charge in [0.25, 0.3) is 5.91 Å². The average Bonchev–Trinajstić information content (AvgIpc) is 2.75. The van der Waals surface area contributed by atoms with Crippen LogP contribution in [0.25, 0.3) is 10.8 Å². The van der Waals surface area contributed by atoms with Crippen LogP contribution in [0.5, 0.6) is 0 Å². The van der Waals surface area contributed by atoms with Gasteiger partial charge in [0, 0.05) is 33.6 Å². The van der Waals surface area contributed by atoms with Crippen molar-refractivity contribution in [3.8, 4) is 0 Å². The summed E-state index contributed by atoms with van der Waals surface area (Å²) in [5.41, 5.74) is 3.40. The fourth-order valence-electron chi connectivity index (χ4n) is 3.31. The highest BCUT2D eigenvalue weighted by molar-refractivity contribution is 7.83. The monoisotopic (exact) mass is 399 g/mol. The molecule has 1 N–H and O–H groups in total. The van der Waals surface area contributed by atoms with E-state index in [1.807, 2.05) is 66.7 Å². The zero-order chi connectivity index (χ0) is 20.1. The Hall–Kier alpha value is -3.24. The molecule has 0 fully saturated rings. The van der Waals surface area contributed by atoms with Crippen LogP contribution in [0.3, 0.4) is 0 Å². The summed E-state index contributed by atoms with van der Waals surface area (Å²) in [6.07, 6.45) is 0. The smallest absolute Gasteiger partial charge is 0.255 e. The number of rotatable bonds is 6. The van der Waals surface area contributed by atoms with Crippen molar-refractivity contribution in [3.05, 3.63) is 114 Å². The Kier molecular flexibility index (Phi) is 5.82. The number of carbonyl (C=O) groups excluding carboxylic acids is 1. The molecule has 4 aromatic rings. The molecule has 0 aromatic heterocycles. The van der Waals surface area contributed by atoms with E-state index in [0.29, 0.717) is 17.1 Å². The maximum atomic E-state index is 12.7. The highest BCUT2D eigenvalue weighted by Gasteiger charge is 2.09. The molecule has 0 spiro atoms. The first-order chi connectivity index (χ1) is 14.2. The number of carbonyl (C=O) groups is 1. The van der Waals surface area contributed by atoms with E-state index >= 15 is 0 Å². The van der Waals surface area contributed by atoms with Crippen molar-refractivity contribution in [2.24, 2.45) is 0 Å². The predicted octanol–water partition coefficient (Wildman–Crippen LogP) is 5.54. The summed E-state index contributed by atoms with van der Waals surface area (Å²) < 4.78 is 12.7. The van der Waals surface area contributed by atoms with Gasteiger partial charge in [0.15, 0.2) is 0 Å². The third-order valence-corrected chi connectivity index (χ3v) is 6.06. The molecule has 0 bridgehead atoms. The van der Waals surface area contributed by atoms with Crippen LogP contribution in [0, 0.1) is 0 Å². The van der Waals surface area contributed by atoms with Gasteiger partial charge in [0.05, 0.1) is 0 Å². The van der Waals surface area contributed by atoms with E-state index < -0.39 is 10.8 Å². The highest BCUT2D eigenvalue weighted by atomic mass is 32.2. The van der Waals surface area contributed by atoms with Gasteiger partial charge in [0.2, 0.25) is 0 Å². The molecule has 0 aliphatic heterocycles. The molecule has 29 heavy (non-hydrogen) atoms. The van der Waals surface area contributed by atoms with E-state index in [1.165, 1.54) is 0 Å². The molecule has 4 heteroatoms. The number of hydrogen-bond donors (Lipinski definition) is 1. The number of nitrogens with one attached hydrogen (secondary N) is 1. The topological polar surface area (TPSA) is 46.2 Å². The number of benzene rings is 4. The molecule has 0 aliphatic carbocycles. The van der Waals surface area contributed by atoms with E-state index in [1.54, 1.807) is 12.1 Å². The first-order valence-electron chi connectivity index (χ1n) is 9.46. The van der Waals surface area contributed by atoms with Gasteiger partial charge in [-0.3, -0.25) is 9.00 Å². The maximum Gasteiger partial charge on any atom is 0.255 e. The van der Waals surface area contributed by atoms with Crippen LogP contribution < -0.4 is 5.32 Å². The minimum absolute atomic E-state index is 0.153. The molecule has 1 unspecified atom stereocenters. The molecule has 0 heterocycles. The van der Waals surface area contributed by atoms with Crippen LogP contribution in [0.4, 0.5) is 5.69 Å². The minimum Gasteiger partial charge on any atom is -0.322 e. The lowest BCUT2D eigenvalue weighted by Gasteiger charge is -2.08. The summed E-state index contributed by atoms with van der Waals surface area (Å²) in [7, 11) is -1.03. The van der Waals surface area contributed by atoms with Crippen molar-refractivity contribution in [2.75, 3.05) is 5.32 Å². The molecule has 0 aliphatic rings. The van der Waals surface area contributed by atoms with Crippen LogP contribution in [0.1, 0.15) is 21.5 Å². The fourth-order valence-corrected chi connectivity index (χ4v) is 4.57. The van der Waals surface area contributed by atoms with Gasteiger partial charge >= 0.3 is 0 Å². The molecule has 3 nitrogen and oxygen atoms in total. The number of para-hydroxylation sites is 1. The SMILES string of the molecule is O=C(Nc1ccccc1)c1ccc(CS(=O)Cc2cccc3ccccc23)cc1. The summed E-state index contributed by atoms with van der Waals surface area (Å²) in [6, 6.07) is 31.0. The normalized spacial score (nSPS) is 11.9. The Labute approximate surface area is 172 Å². The molecule has 0 saturated heterocycles. The van der Waals surface area contributed by atoms with Crippen molar-refractivity contribution in [1.82, 2.24) is 0 Å². The van der Waals surface area contributed by atoms with Crippen molar-refractivity contribution >= 4 is 33.2 Å². The van der Waals surface area contributed by atoms with E-state index in [-0.39, 0.29) is 5.91 Å². The number of anilines is 1. The minimum atomic E-state index is -1.03. The van der Waals surface area contributed by atoms with E-state index in [9.17, 15) is 9.00 Å². The zero-order valence-corrected chi connectivity index (χ0v) is 16.7. The Morgan fingerprint density at radius 1 is 0.724 bits per heavy atom. The van der Waals surface area contributed by atoms with E-state index in [4.69, 9.17) is 0 Å². The average molecular weight is 400 g/mol. The van der Waals surface area contributed by atoms with Crippen LogP contribution in [-0.2, 0) is 22.3 Å². The lowest BCUT2D eigenvalue weighted by Crippen LogP contribution is -2.11. The van der Waals surface area contributed by atoms with Gasteiger partial charge in [-0.2, -0.15) is 0 Å². The Balaban J connectivity index is 1.40. The zero-order valence-electron chi connectivity index (χ0n) is 15.9. The van der Waals surface area contributed by atoms with Gasteiger partial charge in [0.1, 0.15) is 0 Å². The quantitative estimate of drug-likeness (QED) is 0.463. The second-order valence-electron chi connectivity index (χ2n) is 6.88. The van der Waals surface area contributed by atoms with Gasteiger partial charge in [-0.1, -0.05) is 72.8 Å². The third kappa shape index (κ3) is 4.79. The van der Waals surface area contributed by atoms with Gasteiger partial charge in [-0.15, -0.1) is 0 Å². The predicted molar refractivity (Wildman–Crippen MR) is 120 cm³/mol. The summed E-state index contributed by atoms with van der Waals surface area (Å²) >= 11 is 0. The maximum absolute atomic E-state index is 12.7. The van der Waals surface area contributed by atoms with Gasteiger partial charge in [-0.05, 0) is 46.2 Å². The van der Waals surface area contributed by atoms with Crippen LogP contribution in [0.15, 0.2) is 97.1 Å². The molecule has 4 aromatic carbocycles. The molecule has 4 rings (SSSR count). The summed E-state index contributed by atoms with van der Waals surface area (Å²) in [5.74, 6) is 0.820. The second kappa shape index (κ2) is 8.84. The van der Waals surface area contributed by atoms with Gasteiger partial charge < -0.3 is 5.32 Å². The summed E-state index contributed by atoms with van der Waals surface area (Å²) in [4.78, 5) is 12.3. The molecule has 1 amide bonds. The van der Waals surface area contributed by atoms with Crippen LogP contribution in [0.2, 0.25) is 0 Å². The van der Waals surface area contributed by atoms with Crippen molar-refractivity contribution in [3.63, 3.8) is 0 Å². The summed E-state index contributed by atoms with van der Waals surface area (Å²) in [5, 5.41) is 5.18. The number of fused-ring (bicyclic) bond motifs is 1. The van der Waals surface area contributed by atoms with Crippen molar-refractivity contribution in [1.29, 1.82) is 0 Å². The molecular formula is C25H21NO2S. The number of amides is 1. The lowest BCUT2D eigenvalue weighted by molar-refractivity contribution is 0.102. The molecular weight excluding hydrogens is 378 g/mol. The van der Waals surface area contributed by atoms with Crippen molar-refractivity contribution in [2.45, 2.75) is 11.5 Å². The lowest BCUT2D eigenvalue weighted by atomic mass is 10.1. The second-order valence-corrected chi connectivity index (χ2v) is 8.34. The van der Waals surface area contributed by atoms with Crippen LogP contribution in [-0.4, -0.2) is 10.1 Å². The van der Waals surface area contributed by atoms with E-state index in [0.717, 1.165) is 27.6 Å². The van der Waals surface area contributed by atoms with Crippen molar-refractivity contribution < 1.29 is 9.00 Å². The largest absolute Gasteiger partial charge is 0.322 e. The van der Waals surface area contributed by atoms with Crippen LogP contribution >= 0.6 is 0 Å². The van der Waals surface area contributed by atoms with E-state index in [2.05, 4.69) is 23.5 Å². The first kappa shape index (κ1) is 19.1. The third-order valence-electron chi connectivity index (χ3n) is 4.77. The Morgan fingerprint density at radius 2 is 1.41 bits per heavy atom. The van der Waals surface area contributed by atoms with Gasteiger partial charge in [-0.25, -0.2) is 0 Å². The standard InChI is InChI=1S/C25H21NO2S/c27-25(26-23-10-2-1-3-11-23)21-15-13-19(14-16-21)17-29(28)18-22-9-6-8-20-7-4-5-12-24(20)22/h1-16H,17-18H2,(H,26,27). The fraction of sp³-hybridized carbons (Fsp3) is 0.0800. The first-order valence-corrected chi connectivity index (χ1v) is 10.9. The number of hydrogen-bond acceptors (Lipinski definition) is 2. The molecule has 1 atom stereocenters. The summed E-state index contributed by atoms with van der Waals surface area (Å²) in [6.45, 7) is 0. The molecule has 144 valence electrons. The Morgan fingerprint density at radius 3 is 2.21 bits per heavy atom.